The van der Waals surface area contributed by atoms with E-state index in [2.05, 4.69) is 20.6 Å². The Balaban J connectivity index is 1.48. The number of carbonyl (C=O) groups is 3. The minimum atomic E-state index is -0.561. The molecule has 0 aliphatic carbocycles. The lowest BCUT2D eigenvalue weighted by molar-refractivity contribution is -0.129. The van der Waals surface area contributed by atoms with E-state index in [9.17, 15) is 14.4 Å². The van der Waals surface area contributed by atoms with Crippen LogP contribution in [0.3, 0.4) is 0 Å². The number of aromatic nitrogens is 2. The van der Waals surface area contributed by atoms with E-state index >= 15 is 0 Å². The number of anilines is 1. The van der Waals surface area contributed by atoms with Gasteiger partial charge in [0.05, 0.1) is 24.0 Å². The fourth-order valence-corrected chi connectivity index (χ4v) is 3.85. The normalized spacial score (nSPS) is 12.5. The van der Waals surface area contributed by atoms with Gasteiger partial charge in [0.15, 0.2) is 0 Å². The molecular weight excluding hydrogens is 480 g/mol. The molecule has 200 valence electrons. The largest absolute Gasteiger partial charge is 0.356 e. The average molecular weight is 517 g/mol. The van der Waals surface area contributed by atoms with Crippen LogP contribution >= 0.6 is 0 Å². The molecule has 38 heavy (non-hydrogen) atoms. The summed E-state index contributed by atoms with van der Waals surface area (Å²) in [6, 6.07) is 18.4. The molecule has 4 N–H and O–H groups in total. The Labute approximate surface area is 223 Å². The lowest BCUT2D eigenvalue weighted by Gasteiger charge is -2.21. The van der Waals surface area contributed by atoms with Gasteiger partial charge in [0.1, 0.15) is 5.78 Å². The van der Waals surface area contributed by atoms with Crippen LogP contribution < -0.4 is 16.4 Å². The Hall–Kier alpha value is -3.95. The van der Waals surface area contributed by atoms with Gasteiger partial charge in [-0.05, 0) is 55.3 Å². The minimum absolute atomic E-state index is 0.123. The number of nitrogens with two attached hydrogens (primary N) is 1. The van der Waals surface area contributed by atoms with Crippen LogP contribution in [0.4, 0.5) is 5.69 Å². The maximum absolute atomic E-state index is 12.8. The van der Waals surface area contributed by atoms with Crippen LogP contribution in [0.25, 0.3) is 0 Å². The van der Waals surface area contributed by atoms with E-state index in [1.807, 2.05) is 65.6 Å². The molecule has 2 amide bonds. The number of hydrogen-bond donors (Lipinski definition) is 3. The van der Waals surface area contributed by atoms with Gasteiger partial charge >= 0.3 is 0 Å². The topological polar surface area (TPSA) is 130 Å². The third-order valence-electron chi connectivity index (χ3n) is 6.00. The van der Waals surface area contributed by atoms with E-state index in [4.69, 9.17) is 5.73 Å². The molecule has 0 unspecified atom stereocenters. The number of hydrogen-bond acceptors (Lipinski definition) is 7. The zero-order valence-electron chi connectivity index (χ0n) is 22.0. The highest BCUT2D eigenvalue weighted by Gasteiger charge is 2.18. The number of ketones is 1. The molecule has 0 fully saturated rings. The molecule has 0 spiro atoms. The van der Waals surface area contributed by atoms with Crippen LogP contribution in [-0.2, 0) is 33.9 Å². The maximum atomic E-state index is 12.8. The number of Topliss-reactive ketones (excluding diaryl/α,β-unsaturated/α-hetero) is 1. The molecule has 1 aromatic carbocycles. The van der Waals surface area contributed by atoms with Gasteiger partial charge in [-0.3, -0.25) is 29.3 Å². The molecule has 9 nitrogen and oxygen atoms in total. The van der Waals surface area contributed by atoms with Crippen LogP contribution in [0.2, 0.25) is 0 Å². The average Bonchev–Trinajstić information content (AvgIpc) is 2.90. The smallest absolute Gasteiger partial charge is 0.238 e. The molecular formula is C29H36N6O3. The summed E-state index contributed by atoms with van der Waals surface area (Å²) >= 11 is 0. The van der Waals surface area contributed by atoms with Gasteiger partial charge in [0, 0.05) is 50.1 Å². The van der Waals surface area contributed by atoms with Crippen molar-refractivity contribution in [1.29, 1.82) is 0 Å². The first-order valence-electron chi connectivity index (χ1n) is 12.8. The lowest BCUT2D eigenvalue weighted by atomic mass is 10.0. The number of rotatable bonds is 14. The zero-order valence-corrected chi connectivity index (χ0v) is 22.0. The Morgan fingerprint density at radius 3 is 2.03 bits per heavy atom. The summed E-state index contributed by atoms with van der Waals surface area (Å²) < 4.78 is 0. The van der Waals surface area contributed by atoms with Crippen molar-refractivity contribution in [3.63, 3.8) is 0 Å². The third kappa shape index (κ3) is 9.84. The number of benzene rings is 1. The van der Waals surface area contributed by atoms with Gasteiger partial charge in [-0.15, -0.1) is 0 Å². The number of amides is 2. The molecule has 0 saturated carbocycles. The fraction of sp³-hybridized carbons (Fsp3) is 0.345. The maximum Gasteiger partial charge on any atom is 0.238 e. The van der Waals surface area contributed by atoms with E-state index in [-0.39, 0.29) is 30.6 Å². The van der Waals surface area contributed by atoms with Crippen molar-refractivity contribution in [3.8, 4) is 0 Å². The second-order valence-corrected chi connectivity index (χ2v) is 9.43. The van der Waals surface area contributed by atoms with Gasteiger partial charge in [-0.2, -0.15) is 0 Å². The van der Waals surface area contributed by atoms with Crippen LogP contribution in [-0.4, -0.2) is 51.6 Å². The van der Waals surface area contributed by atoms with Crippen molar-refractivity contribution in [3.05, 3.63) is 90.0 Å². The zero-order chi connectivity index (χ0) is 27.3. The molecule has 0 aliphatic heterocycles. The predicted molar refractivity (Wildman–Crippen MR) is 147 cm³/mol. The third-order valence-corrected chi connectivity index (χ3v) is 6.00. The Morgan fingerprint density at radius 2 is 1.50 bits per heavy atom. The molecule has 3 aromatic rings. The molecule has 0 saturated heterocycles. The van der Waals surface area contributed by atoms with Crippen LogP contribution in [0.15, 0.2) is 73.1 Å². The van der Waals surface area contributed by atoms with Crippen molar-refractivity contribution >= 4 is 23.3 Å². The molecule has 0 bridgehead atoms. The first-order chi connectivity index (χ1) is 18.3. The first kappa shape index (κ1) is 28.6. The van der Waals surface area contributed by atoms with Crippen molar-refractivity contribution in [2.75, 3.05) is 18.4 Å². The number of pyridine rings is 2. The van der Waals surface area contributed by atoms with Crippen molar-refractivity contribution in [1.82, 2.24) is 20.2 Å². The van der Waals surface area contributed by atoms with Crippen molar-refractivity contribution in [2.45, 2.75) is 45.8 Å². The molecule has 2 aromatic heterocycles. The summed E-state index contributed by atoms with van der Waals surface area (Å²) in [6.07, 6.45) is 4.26. The van der Waals surface area contributed by atoms with E-state index in [0.717, 1.165) is 17.0 Å². The fourth-order valence-electron chi connectivity index (χ4n) is 3.85. The first-order valence-corrected chi connectivity index (χ1v) is 12.8. The van der Waals surface area contributed by atoms with Gasteiger partial charge in [0.25, 0.3) is 0 Å². The van der Waals surface area contributed by atoms with E-state index in [1.165, 1.54) is 0 Å². The Kier molecular flexibility index (Phi) is 11.1. The van der Waals surface area contributed by atoms with Crippen molar-refractivity contribution < 1.29 is 14.4 Å². The Morgan fingerprint density at radius 1 is 0.895 bits per heavy atom. The highest BCUT2D eigenvalue weighted by molar-refractivity contribution is 5.92. The van der Waals surface area contributed by atoms with Gasteiger partial charge < -0.3 is 16.4 Å². The summed E-state index contributed by atoms with van der Waals surface area (Å²) in [5.41, 5.74) is 9.05. The summed E-state index contributed by atoms with van der Waals surface area (Å²) in [5, 5.41) is 5.82. The van der Waals surface area contributed by atoms with Crippen LogP contribution in [0.5, 0.6) is 0 Å². The molecule has 0 radical (unpaired) electrons. The lowest BCUT2D eigenvalue weighted by Crippen LogP contribution is -2.35. The summed E-state index contributed by atoms with van der Waals surface area (Å²) in [4.78, 5) is 47.6. The molecule has 2 atom stereocenters. The van der Waals surface area contributed by atoms with E-state index in [1.54, 1.807) is 26.2 Å². The Bertz CT molecular complexity index is 1130. The van der Waals surface area contributed by atoms with Crippen molar-refractivity contribution in [2.24, 2.45) is 11.7 Å². The van der Waals surface area contributed by atoms with Gasteiger partial charge in [-0.1, -0.05) is 31.2 Å². The number of carbonyl (C=O) groups excluding carboxylic acids is 3. The highest BCUT2D eigenvalue weighted by atomic mass is 16.2. The summed E-state index contributed by atoms with van der Waals surface area (Å²) in [7, 11) is 0. The highest BCUT2D eigenvalue weighted by Crippen LogP contribution is 2.12. The van der Waals surface area contributed by atoms with Crippen LogP contribution in [0, 0.1) is 5.92 Å². The minimum Gasteiger partial charge on any atom is -0.356 e. The predicted octanol–water partition coefficient (Wildman–Crippen LogP) is 2.72. The second-order valence-electron chi connectivity index (χ2n) is 9.43. The monoisotopic (exact) mass is 516 g/mol. The van der Waals surface area contributed by atoms with Crippen LogP contribution in [0.1, 0.15) is 37.2 Å². The SMILES string of the molecule is C[C@@H](N)C(=O)C[C@H](C)C(=O)NCCc1ccc(NC(=O)CN(Cc2ccccn2)Cc2ccccn2)cc1. The van der Waals surface area contributed by atoms with Gasteiger partial charge in [0.2, 0.25) is 11.8 Å². The standard InChI is InChI=1S/C29H36N6O3/c1-21(17-27(36)22(2)30)29(38)33-16-13-23-9-11-24(12-10-23)34-28(37)20-35(18-25-7-3-5-14-31-25)19-26-8-4-6-15-32-26/h3-12,14-15,21-22H,13,16-20,30H2,1-2H3,(H,33,38)(H,34,37)/t21-,22+/m0/s1. The van der Waals surface area contributed by atoms with E-state index in [0.29, 0.717) is 31.7 Å². The molecule has 3 rings (SSSR count). The number of nitrogens with zero attached hydrogens (tertiary/aromatic N) is 3. The summed E-state index contributed by atoms with van der Waals surface area (Å²) in [6.45, 7) is 5.03. The summed E-state index contributed by atoms with van der Waals surface area (Å²) in [5.74, 6) is -0.834. The second kappa shape index (κ2) is 14.7. The van der Waals surface area contributed by atoms with Gasteiger partial charge in [-0.25, -0.2) is 0 Å². The van der Waals surface area contributed by atoms with E-state index < -0.39 is 12.0 Å². The number of nitrogens with one attached hydrogen (secondary N) is 2. The molecule has 9 heteroatoms. The molecule has 2 heterocycles. The quantitative estimate of drug-likeness (QED) is 0.300. The molecule has 0 aliphatic rings.